The maximum absolute atomic E-state index is 12.4. The summed E-state index contributed by atoms with van der Waals surface area (Å²) in [6.07, 6.45) is 5.29. The Kier molecular flexibility index (Phi) is 4.76. The second-order valence-corrected chi connectivity index (χ2v) is 5.26. The van der Waals surface area contributed by atoms with Gasteiger partial charge in [-0.05, 0) is 18.8 Å². The molecule has 1 atom stereocenters. The van der Waals surface area contributed by atoms with Crippen LogP contribution in [0.25, 0.3) is 0 Å². The van der Waals surface area contributed by atoms with E-state index in [9.17, 15) is 9.59 Å². The lowest BCUT2D eigenvalue weighted by atomic mass is 9.83. The van der Waals surface area contributed by atoms with Gasteiger partial charge in [0.15, 0.2) is 0 Å². The van der Waals surface area contributed by atoms with Crippen LogP contribution in [-0.2, 0) is 4.79 Å². The zero-order valence-electron chi connectivity index (χ0n) is 11.1. The summed E-state index contributed by atoms with van der Waals surface area (Å²) >= 11 is 0. The number of urea groups is 1. The number of amides is 3. The van der Waals surface area contributed by atoms with Crippen molar-refractivity contribution in [1.82, 2.24) is 9.80 Å². The summed E-state index contributed by atoms with van der Waals surface area (Å²) in [5, 5.41) is 18.1. The Morgan fingerprint density at radius 3 is 2.21 bits per heavy atom. The Hall–Kier alpha value is -1.14. The molecule has 1 unspecified atom stereocenters. The predicted molar refractivity (Wildman–Crippen MR) is 68.3 cm³/mol. The molecule has 1 aliphatic heterocycles. The second-order valence-electron chi connectivity index (χ2n) is 5.26. The van der Waals surface area contributed by atoms with Gasteiger partial charge in [-0.25, -0.2) is 4.79 Å². The molecule has 1 saturated heterocycles. The van der Waals surface area contributed by atoms with Crippen molar-refractivity contribution < 1.29 is 19.8 Å². The molecule has 1 heterocycles. The van der Waals surface area contributed by atoms with E-state index in [2.05, 4.69) is 0 Å². The quantitative estimate of drug-likeness (QED) is 0.699. The number of β-amino-alcohol motifs (C(OH)–C–C–N with tert-alkyl or cyclic N) is 2. The first-order valence-corrected chi connectivity index (χ1v) is 7.04. The van der Waals surface area contributed by atoms with Gasteiger partial charge in [-0.1, -0.05) is 19.3 Å². The number of hydrogen-bond donors (Lipinski definition) is 2. The zero-order valence-corrected chi connectivity index (χ0v) is 11.1. The van der Waals surface area contributed by atoms with Crippen LogP contribution in [0, 0.1) is 5.92 Å². The normalized spacial score (nSPS) is 25.5. The van der Waals surface area contributed by atoms with Crippen LogP contribution in [0.1, 0.15) is 32.1 Å². The van der Waals surface area contributed by atoms with Crippen molar-refractivity contribution in [2.75, 3.05) is 26.3 Å². The predicted octanol–water partition coefficient (Wildman–Crippen LogP) is 0.184. The van der Waals surface area contributed by atoms with E-state index in [0.717, 1.165) is 30.6 Å². The van der Waals surface area contributed by atoms with E-state index in [4.69, 9.17) is 10.2 Å². The molecule has 3 amide bonds. The number of rotatable bonds is 5. The highest BCUT2D eigenvalue weighted by atomic mass is 16.3. The molecule has 6 heteroatoms. The molecule has 0 aromatic heterocycles. The Bertz CT molecular complexity index is 342. The van der Waals surface area contributed by atoms with Gasteiger partial charge in [0.05, 0.1) is 19.8 Å². The monoisotopic (exact) mass is 270 g/mol. The van der Waals surface area contributed by atoms with Crippen molar-refractivity contribution in [3.05, 3.63) is 0 Å². The van der Waals surface area contributed by atoms with Gasteiger partial charge in [-0.15, -0.1) is 0 Å². The maximum Gasteiger partial charge on any atom is 0.327 e. The molecular weight excluding hydrogens is 248 g/mol. The lowest BCUT2D eigenvalue weighted by molar-refractivity contribution is -0.130. The van der Waals surface area contributed by atoms with E-state index in [0.29, 0.717) is 0 Å². The molecule has 0 aromatic rings. The van der Waals surface area contributed by atoms with Gasteiger partial charge in [0, 0.05) is 6.54 Å². The van der Waals surface area contributed by atoms with Crippen LogP contribution in [-0.4, -0.2) is 64.3 Å². The van der Waals surface area contributed by atoms with Gasteiger partial charge < -0.3 is 15.1 Å². The number of imide groups is 1. The van der Waals surface area contributed by atoms with Crippen molar-refractivity contribution in [1.29, 1.82) is 0 Å². The second kappa shape index (κ2) is 6.34. The van der Waals surface area contributed by atoms with E-state index >= 15 is 0 Å². The van der Waals surface area contributed by atoms with Crippen LogP contribution >= 0.6 is 0 Å². The summed E-state index contributed by atoms with van der Waals surface area (Å²) in [7, 11) is 0. The number of carbonyl (C=O) groups excluding carboxylic acids is 2. The third-order valence-electron chi connectivity index (χ3n) is 4.09. The first kappa shape index (κ1) is 14.3. The summed E-state index contributed by atoms with van der Waals surface area (Å²) in [4.78, 5) is 27.1. The lowest BCUT2D eigenvalue weighted by Crippen LogP contribution is -2.42. The topological polar surface area (TPSA) is 81.1 Å². The molecular formula is C13H22N2O4. The molecule has 2 rings (SSSR count). The lowest BCUT2D eigenvalue weighted by Gasteiger charge is -2.31. The van der Waals surface area contributed by atoms with Crippen LogP contribution in [0.3, 0.4) is 0 Å². The molecule has 0 spiro atoms. The Morgan fingerprint density at radius 1 is 1.00 bits per heavy atom. The Balaban J connectivity index is 2.17. The third-order valence-corrected chi connectivity index (χ3v) is 4.09. The van der Waals surface area contributed by atoms with Gasteiger partial charge in [-0.3, -0.25) is 9.69 Å². The fourth-order valence-electron chi connectivity index (χ4n) is 3.22. The average molecular weight is 270 g/mol. The summed E-state index contributed by atoms with van der Waals surface area (Å²) in [6.45, 7) is -0.131. The number of nitrogens with zero attached hydrogens (tertiary/aromatic N) is 2. The van der Waals surface area contributed by atoms with Crippen LogP contribution in [0.2, 0.25) is 0 Å². The SMILES string of the molecule is O=C1C(C2CCCCC2)N(CCO)C(=O)N1CCO. The van der Waals surface area contributed by atoms with Crippen molar-refractivity contribution in [2.45, 2.75) is 38.1 Å². The highest BCUT2D eigenvalue weighted by Crippen LogP contribution is 2.33. The Morgan fingerprint density at radius 2 is 1.63 bits per heavy atom. The molecule has 0 bridgehead atoms. The maximum atomic E-state index is 12.4. The largest absolute Gasteiger partial charge is 0.395 e. The first-order chi connectivity index (χ1) is 9.20. The minimum Gasteiger partial charge on any atom is -0.395 e. The molecule has 1 saturated carbocycles. The molecule has 2 fully saturated rings. The molecule has 0 aromatic carbocycles. The van der Waals surface area contributed by atoms with Crippen LogP contribution in [0.4, 0.5) is 4.79 Å². The van der Waals surface area contributed by atoms with Gasteiger partial charge in [-0.2, -0.15) is 0 Å². The smallest absolute Gasteiger partial charge is 0.327 e. The molecule has 2 aliphatic rings. The van der Waals surface area contributed by atoms with Crippen molar-refractivity contribution in [2.24, 2.45) is 5.92 Å². The highest BCUT2D eigenvalue weighted by molar-refractivity contribution is 6.04. The molecule has 6 nitrogen and oxygen atoms in total. The fourth-order valence-corrected chi connectivity index (χ4v) is 3.22. The van der Waals surface area contributed by atoms with Crippen LogP contribution in [0.15, 0.2) is 0 Å². The first-order valence-electron chi connectivity index (χ1n) is 7.04. The number of aliphatic hydroxyl groups is 2. The minimum atomic E-state index is -0.438. The third kappa shape index (κ3) is 2.74. The van der Waals surface area contributed by atoms with E-state index in [-0.39, 0.29) is 44.2 Å². The van der Waals surface area contributed by atoms with Crippen LogP contribution in [0.5, 0.6) is 0 Å². The molecule has 108 valence electrons. The summed E-state index contributed by atoms with van der Waals surface area (Å²) in [5.74, 6) is -0.0140. The molecule has 1 aliphatic carbocycles. The van der Waals surface area contributed by atoms with Crippen molar-refractivity contribution in [3.8, 4) is 0 Å². The standard InChI is InChI=1S/C13H22N2O4/c16-8-6-14-11(10-4-2-1-3-5-10)12(18)15(7-9-17)13(14)19/h10-11,16-17H,1-9H2. The average Bonchev–Trinajstić information content (AvgIpc) is 2.65. The number of aliphatic hydroxyl groups excluding tert-OH is 2. The number of carbonyl (C=O) groups is 2. The van der Waals surface area contributed by atoms with E-state index in [1.807, 2.05) is 0 Å². The minimum absolute atomic E-state index is 0.0445. The summed E-state index contributed by atoms with van der Waals surface area (Å²) in [5.41, 5.74) is 0. The van der Waals surface area contributed by atoms with Gasteiger partial charge >= 0.3 is 6.03 Å². The number of hydrogen-bond acceptors (Lipinski definition) is 4. The summed E-state index contributed by atoms with van der Waals surface area (Å²) in [6, 6.07) is -0.810. The summed E-state index contributed by atoms with van der Waals surface area (Å²) < 4.78 is 0. The van der Waals surface area contributed by atoms with Gasteiger partial charge in [0.25, 0.3) is 5.91 Å². The molecule has 19 heavy (non-hydrogen) atoms. The Labute approximate surface area is 113 Å². The van der Waals surface area contributed by atoms with E-state index in [1.54, 1.807) is 0 Å². The zero-order chi connectivity index (χ0) is 13.8. The fraction of sp³-hybridized carbons (Fsp3) is 0.846. The van der Waals surface area contributed by atoms with Crippen LogP contribution < -0.4 is 0 Å². The molecule has 0 radical (unpaired) electrons. The van der Waals surface area contributed by atoms with E-state index < -0.39 is 6.04 Å². The van der Waals surface area contributed by atoms with Crippen molar-refractivity contribution in [3.63, 3.8) is 0 Å². The van der Waals surface area contributed by atoms with Gasteiger partial charge in [0.1, 0.15) is 6.04 Å². The molecule has 2 N–H and O–H groups in total. The van der Waals surface area contributed by atoms with E-state index in [1.165, 1.54) is 11.3 Å². The highest BCUT2D eigenvalue weighted by Gasteiger charge is 2.47. The van der Waals surface area contributed by atoms with Gasteiger partial charge in [0.2, 0.25) is 0 Å². The van der Waals surface area contributed by atoms with Crippen molar-refractivity contribution >= 4 is 11.9 Å².